The molecule has 67 heavy (non-hydrogen) atoms. The lowest BCUT2D eigenvalue weighted by Gasteiger charge is -2.15. The number of hydrogen-bond acceptors (Lipinski definition) is 10. The van der Waals surface area contributed by atoms with Crippen molar-refractivity contribution in [3.8, 4) is 11.5 Å². The summed E-state index contributed by atoms with van der Waals surface area (Å²) in [7, 11) is 0. The maximum atomic E-state index is 13.7. The van der Waals surface area contributed by atoms with E-state index in [2.05, 4.69) is 39.8 Å². The van der Waals surface area contributed by atoms with Crippen molar-refractivity contribution in [2.24, 2.45) is 0 Å². The summed E-state index contributed by atoms with van der Waals surface area (Å²) in [5, 5.41) is 20.4. The maximum Gasteiger partial charge on any atom is 0.271 e. The predicted molar refractivity (Wildman–Crippen MR) is 263 cm³/mol. The number of non-ortho nitro benzene ring substituents is 1. The van der Waals surface area contributed by atoms with E-state index >= 15 is 0 Å². The Balaban J connectivity index is 0.901. The second-order valence-corrected chi connectivity index (χ2v) is 15.9. The van der Waals surface area contributed by atoms with Crippen LogP contribution in [0.2, 0.25) is 0 Å². The number of fused-ring (bicyclic) bond motifs is 2. The third kappa shape index (κ3) is 12.5. The highest BCUT2D eigenvalue weighted by atomic mass is 16.6. The standard InChI is InChI=1S/C54H49N5O8/c1-37-13-11-19-48(27-37)58-66-35-38-21-22-39-32-51(44(30-42(39)28-38)36-67-57-46-16-7-3-8-17-46)64-25-9-4-10-26-65-52-33-40-23-24-41(53(60)56-47-18-12-20-49(34-47)59(62)63)29-43(40)31-50(52)54(61)55-45-14-5-2-6-15-45/h2-3,5-8,11-24,27-34,57-58H,4,9-10,25-26,35-36H2,1H3,(H,55,61)(H,56,60). The molecule has 0 atom stereocenters. The number of nitrogens with zero attached hydrogens (tertiary/aromatic N) is 1. The van der Waals surface area contributed by atoms with Gasteiger partial charge in [0.2, 0.25) is 0 Å². The first-order chi connectivity index (χ1) is 32.7. The Kier molecular flexibility index (Phi) is 14.9. The fourth-order valence-electron chi connectivity index (χ4n) is 7.41. The maximum absolute atomic E-state index is 13.7. The fraction of sp³-hybridized carbons (Fsp3) is 0.148. The van der Waals surface area contributed by atoms with Crippen LogP contribution >= 0.6 is 0 Å². The summed E-state index contributed by atoms with van der Waals surface area (Å²) < 4.78 is 12.7. The van der Waals surface area contributed by atoms with Gasteiger partial charge in [0.15, 0.2) is 0 Å². The number of nitro benzene ring substituents is 1. The number of ether oxygens (including phenoxy) is 2. The van der Waals surface area contributed by atoms with Crippen LogP contribution in [0.3, 0.4) is 0 Å². The van der Waals surface area contributed by atoms with Crippen LogP contribution in [0.15, 0.2) is 170 Å². The van der Waals surface area contributed by atoms with Crippen molar-refractivity contribution in [1.29, 1.82) is 0 Å². The number of anilines is 4. The average molecular weight is 896 g/mol. The van der Waals surface area contributed by atoms with Gasteiger partial charge in [0.25, 0.3) is 17.5 Å². The number of para-hydroxylation sites is 2. The molecule has 0 heterocycles. The van der Waals surface area contributed by atoms with Gasteiger partial charge < -0.3 is 20.1 Å². The SMILES string of the molecule is Cc1cccc(NOCc2ccc3cc(OCCCCCOc4cc5ccc(C(=O)Nc6cccc([N+](=O)[O-])c6)cc5cc4C(=O)Nc4ccccc4)c(CONc4ccccc4)cc3c2)c1. The average Bonchev–Trinajstić information content (AvgIpc) is 3.34. The van der Waals surface area contributed by atoms with E-state index < -0.39 is 10.8 Å². The van der Waals surface area contributed by atoms with Gasteiger partial charge in [-0.15, -0.1) is 0 Å². The Morgan fingerprint density at radius 1 is 0.522 bits per heavy atom. The summed E-state index contributed by atoms with van der Waals surface area (Å²) in [4.78, 5) is 49.5. The van der Waals surface area contributed by atoms with Crippen LogP contribution in [0.4, 0.5) is 28.4 Å². The summed E-state index contributed by atoms with van der Waals surface area (Å²) in [5.41, 5.74) is 12.3. The highest BCUT2D eigenvalue weighted by molar-refractivity contribution is 6.10. The Morgan fingerprint density at radius 3 is 1.91 bits per heavy atom. The summed E-state index contributed by atoms with van der Waals surface area (Å²) >= 11 is 0. The van der Waals surface area contributed by atoms with E-state index in [1.165, 1.54) is 18.2 Å². The molecule has 0 radical (unpaired) electrons. The molecule has 13 heteroatoms. The third-order valence-corrected chi connectivity index (χ3v) is 10.8. The van der Waals surface area contributed by atoms with Crippen molar-refractivity contribution in [3.63, 3.8) is 0 Å². The fourth-order valence-corrected chi connectivity index (χ4v) is 7.41. The molecule has 8 aromatic carbocycles. The zero-order valence-electron chi connectivity index (χ0n) is 36.8. The van der Waals surface area contributed by atoms with Crippen LogP contribution < -0.4 is 31.1 Å². The molecule has 0 aliphatic rings. The molecule has 2 amide bonds. The molecule has 13 nitrogen and oxygen atoms in total. The third-order valence-electron chi connectivity index (χ3n) is 10.8. The van der Waals surface area contributed by atoms with Gasteiger partial charge in [-0.2, -0.15) is 0 Å². The van der Waals surface area contributed by atoms with Crippen LogP contribution in [0.25, 0.3) is 21.5 Å². The topological polar surface area (TPSA) is 162 Å². The molecule has 8 aromatic rings. The molecule has 0 saturated carbocycles. The van der Waals surface area contributed by atoms with Gasteiger partial charge in [0, 0.05) is 34.6 Å². The van der Waals surface area contributed by atoms with Crippen molar-refractivity contribution >= 4 is 61.8 Å². The van der Waals surface area contributed by atoms with Crippen molar-refractivity contribution < 1.29 is 33.7 Å². The Labute approximate surface area is 387 Å². The van der Waals surface area contributed by atoms with Gasteiger partial charge in [-0.05, 0) is 144 Å². The number of hydrogen-bond donors (Lipinski definition) is 4. The summed E-state index contributed by atoms with van der Waals surface area (Å²) in [5.74, 6) is 0.332. The van der Waals surface area contributed by atoms with Crippen molar-refractivity contribution in [1.82, 2.24) is 0 Å². The lowest BCUT2D eigenvalue weighted by molar-refractivity contribution is -0.384. The van der Waals surface area contributed by atoms with Crippen LogP contribution in [0.5, 0.6) is 11.5 Å². The number of amides is 2. The van der Waals surface area contributed by atoms with Gasteiger partial charge in [-0.3, -0.25) is 40.3 Å². The minimum absolute atomic E-state index is 0.134. The zero-order valence-corrected chi connectivity index (χ0v) is 36.8. The summed E-state index contributed by atoms with van der Waals surface area (Å²) in [6, 6.07) is 51.6. The van der Waals surface area contributed by atoms with Crippen LogP contribution in [-0.4, -0.2) is 30.0 Å². The quantitative estimate of drug-likeness (QED) is 0.0310. The first-order valence-corrected chi connectivity index (χ1v) is 21.9. The van der Waals surface area contributed by atoms with E-state index in [-0.39, 0.29) is 18.2 Å². The van der Waals surface area contributed by atoms with Gasteiger partial charge in [0.1, 0.15) is 18.1 Å². The van der Waals surface area contributed by atoms with Crippen LogP contribution in [0, 0.1) is 17.0 Å². The van der Waals surface area contributed by atoms with E-state index in [1.54, 1.807) is 48.5 Å². The number of carbonyl (C=O) groups excluding carboxylic acids is 2. The van der Waals surface area contributed by atoms with E-state index in [0.717, 1.165) is 62.8 Å². The van der Waals surface area contributed by atoms with E-state index in [0.29, 0.717) is 59.9 Å². The molecule has 0 unspecified atom stereocenters. The number of aryl methyl sites for hydroxylation is 1. The molecule has 0 aliphatic heterocycles. The summed E-state index contributed by atoms with van der Waals surface area (Å²) in [6.45, 7) is 3.51. The summed E-state index contributed by atoms with van der Waals surface area (Å²) in [6.07, 6.45) is 2.27. The smallest absolute Gasteiger partial charge is 0.271 e. The van der Waals surface area contributed by atoms with Crippen LogP contribution in [-0.2, 0) is 22.9 Å². The molecule has 0 saturated heterocycles. The molecule has 0 aliphatic carbocycles. The van der Waals surface area contributed by atoms with Gasteiger partial charge in [-0.25, -0.2) is 0 Å². The molecule has 338 valence electrons. The minimum atomic E-state index is -0.521. The van der Waals surface area contributed by atoms with Crippen molar-refractivity contribution in [3.05, 3.63) is 208 Å². The highest BCUT2D eigenvalue weighted by Crippen LogP contribution is 2.31. The van der Waals surface area contributed by atoms with E-state index in [1.807, 2.05) is 91.9 Å². The molecule has 8 rings (SSSR count). The van der Waals surface area contributed by atoms with E-state index in [9.17, 15) is 19.7 Å². The monoisotopic (exact) mass is 895 g/mol. The van der Waals surface area contributed by atoms with Crippen molar-refractivity contribution in [2.45, 2.75) is 39.4 Å². The number of rotatable bonds is 21. The lowest BCUT2D eigenvalue weighted by Crippen LogP contribution is -2.14. The second kappa shape index (κ2) is 22.1. The van der Waals surface area contributed by atoms with Gasteiger partial charge >= 0.3 is 0 Å². The molecular formula is C54H49N5O8. The lowest BCUT2D eigenvalue weighted by atomic mass is 10.0. The Bertz CT molecular complexity index is 3000. The first kappa shape index (κ1) is 45.3. The Hall–Kier alpha value is -8.26. The van der Waals surface area contributed by atoms with Crippen molar-refractivity contribution in [2.75, 3.05) is 34.8 Å². The zero-order chi connectivity index (χ0) is 46.4. The normalized spacial score (nSPS) is 10.9. The van der Waals surface area contributed by atoms with E-state index in [4.69, 9.17) is 19.1 Å². The number of unbranched alkanes of at least 4 members (excludes halogenated alkanes) is 2. The van der Waals surface area contributed by atoms with Crippen LogP contribution in [0.1, 0.15) is 56.7 Å². The molecule has 0 aromatic heterocycles. The molecule has 4 N–H and O–H groups in total. The largest absolute Gasteiger partial charge is 0.493 e. The van der Waals surface area contributed by atoms with Gasteiger partial charge in [-0.1, -0.05) is 72.8 Å². The number of benzene rings is 8. The van der Waals surface area contributed by atoms with Gasteiger partial charge in [0.05, 0.1) is 41.7 Å². The highest BCUT2D eigenvalue weighted by Gasteiger charge is 2.17. The first-order valence-electron chi connectivity index (χ1n) is 21.9. The number of nitrogens with one attached hydrogen (secondary N) is 4. The number of nitro groups is 1. The minimum Gasteiger partial charge on any atom is -0.493 e. The molecule has 0 bridgehead atoms. The second-order valence-electron chi connectivity index (χ2n) is 15.9. The predicted octanol–water partition coefficient (Wildman–Crippen LogP) is 12.4. The number of carbonyl (C=O) groups is 2. The Morgan fingerprint density at radius 2 is 1.15 bits per heavy atom. The molecular weight excluding hydrogens is 847 g/mol. The molecule has 0 spiro atoms. The molecule has 0 fully saturated rings.